The topological polar surface area (TPSA) is 89.8 Å². The molecule has 1 amide bonds. The maximum absolute atomic E-state index is 12.5. The summed E-state index contributed by atoms with van der Waals surface area (Å²) in [5.74, 6) is -0.137. The Morgan fingerprint density at radius 3 is 0.866 bits per heavy atom. The second kappa shape index (κ2) is 57.7. The summed E-state index contributed by atoms with van der Waals surface area (Å²) in [7, 11) is 0. The van der Waals surface area contributed by atoms with E-state index in [1.165, 1.54) is 295 Å². The van der Waals surface area contributed by atoms with Crippen LogP contribution in [0.5, 0.6) is 0 Å². The molecule has 0 radical (unpaired) electrons. The largest absolute Gasteiger partial charge is 0.394 e. The van der Waals surface area contributed by atoms with Crippen molar-refractivity contribution in [2.24, 2.45) is 0 Å². The van der Waals surface area contributed by atoms with Crippen LogP contribution in [0.15, 0.2) is 12.2 Å². The van der Waals surface area contributed by atoms with Gasteiger partial charge in [-0.15, -0.1) is 0 Å². The van der Waals surface area contributed by atoms with Gasteiger partial charge in [0.25, 0.3) is 0 Å². The zero-order chi connectivity index (χ0) is 48.6. The highest BCUT2D eigenvalue weighted by molar-refractivity contribution is 5.76. The van der Waals surface area contributed by atoms with Gasteiger partial charge < -0.3 is 20.6 Å². The van der Waals surface area contributed by atoms with Crippen molar-refractivity contribution in [2.45, 2.75) is 372 Å². The summed E-state index contributed by atoms with van der Waals surface area (Å²) in [5.41, 5.74) is 0. The lowest BCUT2D eigenvalue weighted by molar-refractivity contribution is -0.124. The standard InChI is InChI=1S/C62H123NO4/c1-3-5-7-9-11-13-15-17-19-21-23-25-27-28-29-30-31-32-33-35-37-39-41-43-45-47-49-51-53-55-57-61(66)63-59(58-64)62(67)60(65)56-54-52-50-48-46-44-42-40-38-36-34-26-24-22-20-18-16-14-12-10-8-6-4-2/h28-29,59-60,62,64-65,67H,3-27,30-58H2,1-2H3,(H,63,66)/b29-28-. The first-order valence-corrected chi connectivity index (χ1v) is 31.0. The average Bonchev–Trinajstić information content (AvgIpc) is 3.33. The van der Waals surface area contributed by atoms with E-state index in [0.717, 1.165) is 32.1 Å². The molecule has 0 bridgehead atoms. The molecule has 0 aliphatic carbocycles. The lowest BCUT2D eigenvalue weighted by atomic mass is 9.99. The van der Waals surface area contributed by atoms with Gasteiger partial charge in [-0.05, 0) is 38.5 Å². The second-order valence-electron chi connectivity index (χ2n) is 21.6. The van der Waals surface area contributed by atoms with Crippen LogP contribution in [0, 0.1) is 0 Å². The maximum atomic E-state index is 12.5. The van der Waals surface area contributed by atoms with Crippen molar-refractivity contribution in [2.75, 3.05) is 6.61 Å². The molecule has 3 unspecified atom stereocenters. The van der Waals surface area contributed by atoms with Crippen LogP contribution in [0.25, 0.3) is 0 Å². The van der Waals surface area contributed by atoms with Crippen molar-refractivity contribution in [3.05, 3.63) is 12.2 Å². The van der Waals surface area contributed by atoms with Gasteiger partial charge in [-0.3, -0.25) is 4.79 Å². The van der Waals surface area contributed by atoms with Gasteiger partial charge in [0.2, 0.25) is 5.91 Å². The molecule has 5 nitrogen and oxygen atoms in total. The number of carbonyl (C=O) groups excluding carboxylic acids is 1. The average molecular weight is 947 g/mol. The van der Waals surface area contributed by atoms with Crippen LogP contribution >= 0.6 is 0 Å². The molecule has 0 heterocycles. The van der Waals surface area contributed by atoms with Crippen LogP contribution in [0.2, 0.25) is 0 Å². The Balaban J connectivity index is 3.48. The van der Waals surface area contributed by atoms with Crippen molar-refractivity contribution < 1.29 is 20.1 Å². The molecular formula is C62H123NO4. The summed E-state index contributed by atoms with van der Waals surface area (Å²) in [6.07, 6.45) is 72.5. The molecular weight excluding hydrogens is 823 g/mol. The van der Waals surface area contributed by atoms with Crippen molar-refractivity contribution in [1.29, 1.82) is 0 Å². The number of carbonyl (C=O) groups is 1. The molecule has 0 aliphatic heterocycles. The fourth-order valence-corrected chi connectivity index (χ4v) is 10.1. The van der Waals surface area contributed by atoms with Crippen LogP contribution in [0.1, 0.15) is 354 Å². The zero-order valence-corrected chi connectivity index (χ0v) is 45.8. The van der Waals surface area contributed by atoms with Gasteiger partial charge >= 0.3 is 0 Å². The number of nitrogens with one attached hydrogen (secondary N) is 1. The minimum absolute atomic E-state index is 0.137. The molecule has 5 heteroatoms. The molecule has 0 aromatic carbocycles. The third-order valence-electron chi connectivity index (χ3n) is 14.9. The first kappa shape index (κ1) is 66.1. The highest BCUT2D eigenvalue weighted by Gasteiger charge is 2.26. The number of aliphatic hydroxyl groups excluding tert-OH is 3. The van der Waals surface area contributed by atoms with Gasteiger partial charge in [-0.1, -0.05) is 321 Å². The summed E-state index contributed by atoms with van der Waals surface area (Å²) in [4.78, 5) is 12.5. The molecule has 0 aliphatic rings. The third-order valence-corrected chi connectivity index (χ3v) is 14.9. The minimum atomic E-state index is -1.13. The minimum Gasteiger partial charge on any atom is -0.394 e. The van der Waals surface area contributed by atoms with Gasteiger partial charge in [0.1, 0.15) is 6.10 Å². The predicted molar refractivity (Wildman–Crippen MR) is 296 cm³/mol. The van der Waals surface area contributed by atoms with Crippen molar-refractivity contribution in [1.82, 2.24) is 5.32 Å². The fraction of sp³-hybridized carbons (Fsp3) is 0.952. The molecule has 0 aromatic heterocycles. The molecule has 0 fully saturated rings. The van der Waals surface area contributed by atoms with E-state index in [9.17, 15) is 20.1 Å². The van der Waals surface area contributed by atoms with Crippen molar-refractivity contribution >= 4 is 5.91 Å². The quantitative estimate of drug-likeness (QED) is 0.0361. The van der Waals surface area contributed by atoms with Gasteiger partial charge in [-0.2, -0.15) is 0 Å². The Bertz CT molecular complexity index is 956. The van der Waals surface area contributed by atoms with Crippen LogP contribution < -0.4 is 5.32 Å². The van der Waals surface area contributed by atoms with Gasteiger partial charge in [0.15, 0.2) is 0 Å². The van der Waals surface area contributed by atoms with E-state index in [-0.39, 0.29) is 12.5 Å². The number of allylic oxidation sites excluding steroid dienone is 2. The maximum Gasteiger partial charge on any atom is 0.220 e. The fourth-order valence-electron chi connectivity index (χ4n) is 10.1. The second-order valence-corrected chi connectivity index (χ2v) is 21.6. The molecule has 0 saturated carbocycles. The number of unbranched alkanes of at least 4 members (excludes halogenated alkanes) is 48. The predicted octanol–water partition coefficient (Wildman–Crippen LogP) is 19.5. The first-order chi connectivity index (χ1) is 33.1. The van der Waals surface area contributed by atoms with Crippen molar-refractivity contribution in [3.8, 4) is 0 Å². The number of aliphatic hydroxyl groups is 3. The monoisotopic (exact) mass is 946 g/mol. The summed E-state index contributed by atoms with van der Waals surface area (Å²) in [5, 5.41) is 33.9. The summed E-state index contributed by atoms with van der Waals surface area (Å²) in [6, 6.07) is -0.807. The third kappa shape index (κ3) is 52.7. The van der Waals surface area contributed by atoms with Gasteiger partial charge in [0, 0.05) is 6.42 Å². The summed E-state index contributed by atoms with van der Waals surface area (Å²) < 4.78 is 0. The number of amides is 1. The van der Waals surface area contributed by atoms with E-state index in [1.54, 1.807) is 0 Å². The van der Waals surface area contributed by atoms with E-state index in [4.69, 9.17) is 0 Å². The van der Waals surface area contributed by atoms with Crippen LogP contribution in [-0.2, 0) is 4.79 Å². The molecule has 400 valence electrons. The summed E-state index contributed by atoms with van der Waals surface area (Å²) in [6.45, 7) is 4.23. The van der Waals surface area contributed by atoms with Gasteiger partial charge in [-0.25, -0.2) is 0 Å². The van der Waals surface area contributed by atoms with Crippen LogP contribution in [0.3, 0.4) is 0 Å². The molecule has 3 atom stereocenters. The van der Waals surface area contributed by atoms with E-state index in [1.807, 2.05) is 0 Å². The number of hydrogen-bond acceptors (Lipinski definition) is 4. The van der Waals surface area contributed by atoms with Crippen LogP contribution in [-0.4, -0.2) is 46.1 Å². The van der Waals surface area contributed by atoms with E-state index < -0.39 is 18.2 Å². The van der Waals surface area contributed by atoms with Crippen LogP contribution in [0.4, 0.5) is 0 Å². The molecule has 0 saturated heterocycles. The molecule has 0 spiro atoms. The molecule has 0 aromatic rings. The normalized spacial score (nSPS) is 13.2. The van der Waals surface area contributed by atoms with E-state index >= 15 is 0 Å². The lowest BCUT2D eigenvalue weighted by Crippen LogP contribution is -2.50. The van der Waals surface area contributed by atoms with E-state index in [2.05, 4.69) is 31.3 Å². The SMILES string of the molecule is CCCCCCCCCCCCCC/C=C\CCCCCCCCCCCCCCCCC(=O)NC(CO)C(O)C(O)CCCCCCCCCCCCCCCCCCCCCCCCC. The molecule has 0 rings (SSSR count). The number of rotatable bonds is 58. The Hall–Kier alpha value is -0.910. The smallest absolute Gasteiger partial charge is 0.220 e. The molecule has 4 N–H and O–H groups in total. The Labute approximate surface area is 420 Å². The highest BCUT2D eigenvalue weighted by atomic mass is 16.3. The Kier molecular flexibility index (Phi) is 56.9. The molecule has 67 heavy (non-hydrogen) atoms. The Morgan fingerprint density at radius 1 is 0.358 bits per heavy atom. The first-order valence-electron chi connectivity index (χ1n) is 31.0. The van der Waals surface area contributed by atoms with Gasteiger partial charge in [0.05, 0.1) is 18.8 Å². The zero-order valence-electron chi connectivity index (χ0n) is 45.8. The van der Waals surface area contributed by atoms with Crippen molar-refractivity contribution in [3.63, 3.8) is 0 Å². The van der Waals surface area contributed by atoms with E-state index in [0.29, 0.717) is 12.8 Å². The highest BCUT2D eigenvalue weighted by Crippen LogP contribution is 2.19. The lowest BCUT2D eigenvalue weighted by Gasteiger charge is -2.26. The summed E-state index contributed by atoms with van der Waals surface area (Å²) >= 11 is 0. The number of hydrogen-bond donors (Lipinski definition) is 4. The Morgan fingerprint density at radius 2 is 0.597 bits per heavy atom.